The zero-order chi connectivity index (χ0) is 15.5. The zero-order valence-electron chi connectivity index (χ0n) is 15.0. The van der Waals surface area contributed by atoms with Crippen LogP contribution in [0.15, 0.2) is 0 Å². The first kappa shape index (κ1) is 15.5. The first-order valence-corrected chi connectivity index (χ1v) is 10.2. The highest BCUT2D eigenvalue weighted by molar-refractivity contribution is 5.10. The van der Waals surface area contributed by atoms with Crippen LogP contribution in [0.4, 0.5) is 0 Å². The van der Waals surface area contributed by atoms with Gasteiger partial charge in [0.2, 0.25) is 0 Å². The van der Waals surface area contributed by atoms with E-state index in [1.165, 1.54) is 57.8 Å². The summed E-state index contributed by atoms with van der Waals surface area (Å²) in [6.07, 6.45) is 13.9. The van der Waals surface area contributed by atoms with Crippen molar-refractivity contribution in [3.8, 4) is 0 Å². The van der Waals surface area contributed by atoms with E-state index >= 15 is 0 Å². The molecule has 0 aromatic carbocycles. The van der Waals surface area contributed by atoms with Crippen LogP contribution in [0, 0.1) is 40.4 Å². The smallest absolute Gasteiger partial charge is 0.0579 e. The molecule has 0 aromatic rings. The molecule has 0 amide bonds. The average Bonchev–Trinajstić information content (AvgIpc) is 2.77. The molecule has 4 aliphatic carbocycles. The Morgan fingerprint density at radius 1 is 0.955 bits per heavy atom. The number of rotatable bonds is 1. The number of aliphatic hydroxyl groups excluding tert-OH is 1. The maximum atomic E-state index is 10.9. The van der Waals surface area contributed by atoms with Crippen LogP contribution in [-0.4, -0.2) is 11.2 Å². The number of fused-ring (bicyclic) bond motifs is 5. The minimum Gasteiger partial charge on any atom is -0.393 e. The first-order valence-electron chi connectivity index (χ1n) is 10.2. The molecular formula is C21H36O. The number of aliphatic hydroxyl groups is 1. The van der Waals surface area contributed by atoms with E-state index in [1.54, 1.807) is 0 Å². The molecule has 4 rings (SSSR count). The molecule has 0 heterocycles. The second-order valence-corrected chi connectivity index (χ2v) is 9.77. The molecule has 22 heavy (non-hydrogen) atoms. The quantitative estimate of drug-likeness (QED) is 0.686. The van der Waals surface area contributed by atoms with Crippen molar-refractivity contribution >= 4 is 0 Å². The Balaban J connectivity index is 1.66. The number of hydrogen-bond donors (Lipinski definition) is 1. The van der Waals surface area contributed by atoms with Gasteiger partial charge in [-0.05, 0) is 85.4 Å². The van der Waals surface area contributed by atoms with Gasteiger partial charge in [-0.25, -0.2) is 0 Å². The second kappa shape index (κ2) is 5.23. The minimum absolute atomic E-state index is 0.00788. The number of hydrogen-bond acceptors (Lipinski definition) is 1. The van der Waals surface area contributed by atoms with Crippen LogP contribution in [-0.2, 0) is 0 Å². The Labute approximate surface area is 137 Å². The summed E-state index contributed by atoms with van der Waals surface area (Å²) in [5.74, 6) is 4.10. The summed E-state index contributed by atoms with van der Waals surface area (Å²) in [4.78, 5) is 0. The summed E-state index contributed by atoms with van der Waals surface area (Å²) < 4.78 is 0. The summed E-state index contributed by atoms with van der Waals surface area (Å²) >= 11 is 0. The summed E-state index contributed by atoms with van der Waals surface area (Å²) in [5, 5.41) is 10.9. The molecule has 0 aromatic heterocycles. The molecule has 8 atom stereocenters. The van der Waals surface area contributed by atoms with Gasteiger partial charge >= 0.3 is 0 Å². The van der Waals surface area contributed by atoms with E-state index in [2.05, 4.69) is 20.8 Å². The van der Waals surface area contributed by atoms with E-state index in [-0.39, 0.29) is 6.10 Å². The highest BCUT2D eigenvalue weighted by Crippen LogP contribution is 2.67. The van der Waals surface area contributed by atoms with E-state index in [0.29, 0.717) is 16.7 Å². The molecular weight excluding hydrogens is 268 g/mol. The van der Waals surface area contributed by atoms with Crippen LogP contribution in [0.2, 0.25) is 0 Å². The van der Waals surface area contributed by atoms with Crippen LogP contribution >= 0.6 is 0 Å². The summed E-state index contributed by atoms with van der Waals surface area (Å²) in [7, 11) is 0. The molecule has 1 N–H and O–H groups in total. The highest BCUT2D eigenvalue weighted by atomic mass is 16.3. The average molecular weight is 305 g/mol. The molecule has 0 radical (unpaired) electrons. The third-order valence-corrected chi connectivity index (χ3v) is 9.25. The van der Waals surface area contributed by atoms with Gasteiger partial charge in [-0.15, -0.1) is 0 Å². The van der Waals surface area contributed by atoms with Gasteiger partial charge in [0.15, 0.2) is 0 Å². The van der Waals surface area contributed by atoms with Crippen LogP contribution in [0.5, 0.6) is 0 Å². The molecule has 2 unspecified atom stereocenters. The Hall–Kier alpha value is -0.0400. The Kier molecular flexibility index (Phi) is 3.68. The van der Waals surface area contributed by atoms with Crippen LogP contribution in [0.25, 0.3) is 0 Å². The van der Waals surface area contributed by atoms with Gasteiger partial charge in [0.05, 0.1) is 6.10 Å². The molecule has 1 heteroatoms. The molecule has 1 nitrogen and oxygen atoms in total. The molecule has 0 saturated heterocycles. The second-order valence-electron chi connectivity index (χ2n) is 9.77. The third kappa shape index (κ3) is 1.93. The maximum Gasteiger partial charge on any atom is 0.0579 e. The van der Waals surface area contributed by atoms with E-state index < -0.39 is 0 Å². The highest BCUT2D eigenvalue weighted by Gasteiger charge is 2.61. The van der Waals surface area contributed by atoms with Crippen molar-refractivity contribution in [2.45, 2.75) is 91.1 Å². The fraction of sp³-hybridized carbons (Fsp3) is 1.00. The van der Waals surface area contributed by atoms with E-state index in [0.717, 1.165) is 30.1 Å². The van der Waals surface area contributed by atoms with Crippen LogP contribution < -0.4 is 0 Å². The summed E-state index contributed by atoms with van der Waals surface area (Å²) in [5.41, 5.74) is 1.04. The SMILES string of the molecule is CC[C@H]1CC(O)[C@H]2[C@@H]3CCC4CCCC[C@]4(C)[C@H]3CC[C@]12C. The predicted octanol–water partition coefficient (Wildman–Crippen LogP) is 5.42. The topological polar surface area (TPSA) is 20.2 Å². The zero-order valence-corrected chi connectivity index (χ0v) is 15.0. The van der Waals surface area contributed by atoms with Gasteiger partial charge in [-0.3, -0.25) is 0 Å². The molecule has 4 aliphatic rings. The largest absolute Gasteiger partial charge is 0.393 e. The van der Waals surface area contributed by atoms with Crippen molar-refractivity contribution in [3.05, 3.63) is 0 Å². The molecule has 4 saturated carbocycles. The van der Waals surface area contributed by atoms with Crippen LogP contribution in [0.3, 0.4) is 0 Å². The predicted molar refractivity (Wildman–Crippen MR) is 91.5 cm³/mol. The lowest BCUT2D eigenvalue weighted by Crippen LogP contribution is -2.54. The minimum atomic E-state index is -0.00788. The third-order valence-electron chi connectivity index (χ3n) is 9.25. The van der Waals surface area contributed by atoms with Gasteiger partial charge in [-0.2, -0.15) is 0 Å². The lowest BCUT2D eigenvalue weighted by Gasteiger charge is -2.60. The standard InChI is InChI=1S/C21H36O/c1-4-14-13-18(22)19-16-9-8-15-7-5-6-11-20(15,2)17(16)10-12-21(14,19)3/h14-19,22H,4-13H2,1-3H3/t14-,15?,16+,17-,18?,19+,20-,21+/m0/s1. The Morgan fingerprint density at radius 2 is 1.77 bits per heavy atom. The molecule has 126 valence electrons. The van der Waals surface area contributed by atoms with E-state index in [4.69, 9.17) is 0 Å². The molecule has 0 bridgehead atoms. The van der Waals surface area contributed by atoms with Gasteiger partial charge in [0, 0.05) is 0 Å². The fourth-order valence-electron chi connectivity index (χ4n) is 8.11. The Morgan fingerprint density at radius 3 is 2.55 bits per heavy atom. The van der Waals surface area contributed by atoms with Gasteiger partial charge in [-0.1, -0.05) is 40.0 Å². The molecule has 0 spiro atoms. The van der Waals surface area contributed by atoms with Crippen molar-refractivity contribution in [2.24, 2.45) is 40.4 Å². The molecule has 4 fully saturated rings. The normalized spacial score (nSPS) is 57.8. The van der Waals surface area contributed by atoms with Crippen molar-refractivity contribution < 1.29 is 5.11 Å². The molecule has 0 aliphatic heterocycles. The van der Waals surface area contributed by atoms with E-state index in [1.807, 2.05) is 0 Å². The summed E-state index contributed by atoms with van der Waals surface area (Å²) in [6.45, 7) is 7.51. The van der Waals surface area contributed by atoms with Crippen molar-refractivity contribution in [2.75, 3.05) is 0 Å². The van der Waals surface area contributed by atoms with Crippen LogP contribution in [0.1, 0.15) is 85.0 Å². The maximum absolute atomic E-state index is 10.9. The fourth-order valence-corrected chi connectivity index (χ4v) is 8.11. The van der Waals surface area contributed by atoms with Gasteiger partial charge in [0.1, 0.15) is 0 Å². The van der Waals surface area contributed by atoms with Gasteiger partial charge in [0.25, 0.3) is 0 Å². The van der Waals surface area contributed by atoms with Crippen molar-refractivity contribution in [1.82, 2.24) is 0 Å². The van der Waals surface area contributed by atoms with Crippen molar-refractivity contribution in [3.63, 3.8) is 0 Å². The van der Waals surface area contributed by atoms with Gasteiger partial charge < -0.3 is 5.11 Å². The first-order chi connectivity index (χ1) is 10.5. The lowest BCUT2D eigenvalue weighted by atomic mass is 9.44. The Bertz CT molecular complexity index is 432. The van der Waals surface area contributed by atoms with Crippen molar-refractivity contribution in [1.29, 1.82) is 0 Å². The summed E-state index contributed by atoms with van der Waals surface area (Å²) in [6, 6.07) is 0. The lowest BCUT2D eigenvalue weighted by molar-refractivity contribution is -0.128. The van der Waals surface area contributed by atoms with E-state index in [9.17, 15) is 5.11 Å². The monoisotopic (exact) mass is 304 g/mol.